The molecule has 2 aromatic carbocycles. The molecule has 10 atom stereocenters. The molecule has 0 saturated heterocycles. The summed E-state index contributed by atoms with van der Waals surface area (Å²) in [4.78, 5) is 57.5. The number of allylic oxidation sites excluding steroid dienone is 2. The van der Waals surface area contributed by atoms with Gasteiger partial charge in [-0.25, -0.2) is 4.79 Å². The number of fused-ring (bicyclic) bond motifs is 7. The molecule has 4 fully saturated rings. The van der Waals surface area contributed by atoms with Crippen molar-refractivity contribution in [3.63, 3.8) is 0 Å². The SMILES string of the molecule is C=CCOC(=O)[C@@]1(C)C2CC[C@]3(C)[C@H](C(=O)C=C4[C@@H]5C[C@@](C)(C(=O)OC(c6ccccc6)c6ccccc6)CC[C@]5(C)CC[C@]43C)[C@@]2(C)CC[C@@H]1n1nc(C(=O)OCC)cc1C. The summed E-state index contributed by atoms with van der Waals surface area (Å²) in [7, 11) is 0. The average Bonchev–Trinajstić information content (AvgIpc) is 3.64. The highest BCUT2D eigenvalue weighted by Gasteiger charge is 2.72. The van der Waals surface area contributed by atoms with Crippen molar-refractivity contribution in [3.05, 3.63) is 114 Å². The van der Waals surface area contributed by atoms with E-state index in [1.54, 1.807) is 19.1 Å². The van der Waals surface area contributed by atoms with Crippen LogP contribution in [0, 0.1) is 57.2 Å². The Morgan fingerprint density at radius 1 is 0.855 bits per heavy atom. The Balaban J connectivity index is 1.14. The largest absolute Gasteiger partial charge is 0.461 e. The van der Waals surface area contributed by atoms with Crippen molar-refractivity contribution < 1.29 is 33.4 Å². The third-order valence-corrected chi connectivity index (χ3v) is 17.6. The molecule has 5 aliphatic carbocycles. The normalized spacial score (nSPS) is 36.2. The van der Waals surface area contributed by atoms with E-state index in [0.717, 1.165) is 55.3 Å². The lowest BCUT2D eigenvalue weighted by Crippen LogP contribution is -2.67. The molecular weight excluding hydrogens is 777 g/mol. The van der Waals surface area contributed by atoms with Crippen LogP contribution in [0.3, 0.4) is 0 Å². The fourth-order valence-corrected chi connectivity index (χ4v) is 13.9. The smallest absolute Gasteiger partial charge is 0.358 e. The Bertz CT molecular complexity index is 2240. The van der Waals surface area contributed by atoms with Gasteiger partial charge in [-0.05, 0) is 142 Å². The fourth-order valence-electron chi connectivity index (χ4n) is 13.9. The van der Waals surface area contributed by atoms with E-state index in [1.807, 2.05) is 85.3 Å². The van der Waals surface area contributed by atoms with Crippen LogP contribution in [0.1, 0.15) is 146 Å². The van der Waals surface area contributed by atoms with Crippen LogP contribution in [0.4, 0.5) is 0 Å². The second-order valence-electron chi connectivity index (χ2n) is 20.9. The lowest BCUT2D eigenvalue weighted by Gasteiger charge is -2.70. The number of aryl methyl sites for hydroxylation is 1. The summed E-state index contributed by atoms with van der Waals surface area (Å²) < 4.78 is 19.7. The van der Waals surface area contributed by atoms with Gasteiger partial charge in [0, 0.05) is 11.6 Å². The number of aromatic nitrogens is 2. The summed E-state index contributed by atoms with van der Waals surface area (Å²) in [6.45, 7) is 21.3. The molecule has 0 aliphatic heterocycles. The van der Waals surface area contributed by atoms with Gasteiger partial charge in [0.25, 0.3) is 0 Å². The second-order valence-corrected chi connectivity index (χ2v) is 20.9. The zero-order valence-electron chi connectivity index (χ0n) is 38.1. The molecule has 1 heterocycles. The van der Waals surface area contributed by atoms with E-state index in [4.69, 9.17) is 19.3 Å². The third kappa shape index (κ3) is 6.65. The topological polar surface area (TPSA) is 114 Å². The van der Waals surface area contributed by atoms with Gasteiger partial charge in [0.2, 0.25) is 0 Å². The standard InChI is InChI=1S/C53H66N2O7/c1-10-30-61-47(59)53(9)41-22-25-52(8)44(50(41,6)24-23-42(53)55-34(3)31-39(54-55)45(57)60-11-2)40(56)32-37-38-33-49(5,27-26-48(38,4)28-29-51(37,52)7)46(58)62-43(35-18-14-12-15-19-35)36-20-16-13-17-21-36/h10,12-21,31-32,38,41-44H,1,11,22-30,33H2,2-9H3/t38-,41?,42-,44+,48+,49-,50-,51+,52+,53-/m0/s1. The summed E-state index contributed by atoms with van der Waals surface area (Å²) in [5.74, 6) is -1.37. The molecule has 330 valence electrons. The Morgan fingerprint density at radius 2 is 1.50 bits per heavy atom. The minimum Gasteiger partial charge on any atom is -0.461 e. The monoisotopic (exact) mass is 842 g/mol. The first-order valence-corrected chi connectivity index (χ1v) is 23.0. The molecule has 0 spiro atoms. The first-order valence-electron chi connectivity index (χ1n) is 23.0. The van der Waals surface area contributed by atoms with Gasteiger partial charge in [-0.1, -0.05) is 107 Å². The minimum atomic E-state index is -1.06. The van der Waals surface area contributed by atoms with Gasteiger partial charge in [0.05, 0.1) is 23.5 Å². The number of esters is 3. The Morgan fingerprint density at radius 3 is 2.13 bits per heavy atom. The van der Waals surface area contributed by atoms with Gasteiger partial charge < -0.3 is 14.2 Å². The number of hydrogen-bond acceptors (Lipinski definition) is 8. The molecule has 5 aliphatic rings. The van der Waals surface area contributed by atoms with E-state index in [1.165, 1.54) is 5.57 Å². The van der Waals surface area contributed by atoms with Gasteiger partial charge in [-0.15, -0.1) is 0 Å². The number of ether oxygens (including phenoxy) is 3. The predicted molar refractivity (Wildman–Crippen MR) is 238 cm³/mol. The highest BCUT2D eigenvalue weighted by Crippen LogP contribution is 2.76. The lowest BCUT2D eigenvalue weighted by atomic mass is 9.33. The summed E-state index contributed by atoms with van der Waals surface area (Å²) in [6.07, 6.45) is 10.1. The molecule has 0 amide bonds. The van der Waals surface area contributed by atoms with Crippen molar-refractivity contribution >= 4 is 23.7 Å². The molecular formula is C53H66N2O7. The first-order chi connectivity index (χ1) is 29.4. The van der Waals surface area contributed by atoms with Crippen LogP contribution in [0.25, 0.3) is 0 Å². The number of hydrogen-bond donors (Lipinski definition) is 0. The van der Waals surface area contributed by atoms with E-state index in [0.29, 0.717) is 19.3 Å². The highest BCUT2D eigenvalue weighted by atomic mass is 16.5. The zero-order chi connectivity index (χ0) is 44.5. The van der Waals surface area contributed by atoms with Gasteiger partial charge >= 0.3 is 17.9 Å². The van der Waals surface area contributed by atoms with Crippen molar-refractivity contribution in [2.45, 2.75) is 125 Å². The van der Waals surface area contributed by atoms with Crippen LogP contribution >= 0.6 is 0 Å². The summed E-state index contributed by atoms with van der Waals surface area (Å²) in [6, 6.07) is 21.3. The van der Waals surface area contributed by atoms with Gasteiger partial charge in [0.1, 0.15) is 6.61 Å². The quantitative estimate of drug-likeness (QED) is 0.113. The fraction of sp³-hybridized carbons (Fsp3) is 0.566. The molecule has 1 unspecified atom stereocenters. The van der Waals surface area contributed by atoms with Gasteiger partial charge in [-0.3, -0.25) is 19.1 Å². The van der Waals surface area contributed by atoms with E-state index in [9.17, 15) is 14.4 Å². The average molecular weight is 843 g/mol. The number of ketones is 1. The molecule has 62 heavy (non-hydrogen) atoms. The van der Waals surface area contributed by atoms with Crippen LogP contribution in [-0.4, -0.2) is 46.7 Å². The molecule has 4 saturated carbocycles. The summed E-state index contributed by atoms with van der Waals surface area (Å²) >= 11 is 0. The maximum absolute atomic E-state index is 15.4. The molecule has 8 rings (SSSR count). The zero-order valence-corrected chi connectivity index (χ0v) is 38.1. The summed E-state index contributed by atoms with van der Waals surface area (Å²) in [5.41, 5.74) is 0.992. The Labute approximate surface area is 368 Å². The van der Waals surface area contributed by atoms with Crippen molar-refractivity contribution in [1.29, 1.82) is 0 Å². The predicted octanol–water partition coefficient (Wildman–Crippen LogP) is 10.9. The first kappa shape index (κ1) is 43.8. The molecule has 3 aromatic rings. The number of carbonyl (C=O) groups is 4. The van der Waals surface area contributed by atoms with Gasteiger partial charge in [0.15, 0.2) is 17.6 Å². The second kappa shape index (κ2) is 15.8. The van der Waals surface area contributed by atoms with Crippen molar-refractivity contribution in [1.82, 2.24) is 9.78 Å². The van der Waals surface area contributed by atoms with E-state index >= 15 is 4.79 Å². The Kier molecular flexibility index (Phi) is 11.2. The lowest BCUT2D eigenvalue weighted by molar-refractivity contribution is -0.208. The number of rotatable bonds is 10. The number of benzene rings is 2. The number of nitrogens with zero attached hydrogens (tertiary/aromatic N) is 2. The molecule has 0 radical (unpaired) electrons. The minimum absolute atomic E-state index is 0.0398. The molecule has 1 aromatic heterocycles. The third-order valence-electron chi connectivity index (χ3n) is 17.6. The maximum Gasteiger partial charge on any atom is 0.358 e. The van der Waals surface area contributed by atoms with Crippen molar-refractivity contribution in [2.24, 2.45) is 50.2 Å². The number of carbonyl (C=O) groups excluding carboxylic acids is 4. The molecule has 9 nitrogen and oxygen atoms in total. The molecule has 9 heteroatoms. The van der Waals surface area contributed by atoms with Crippen LogP contribution in [0.2, 0.25) is 0 Å². The van der Waals surface area contributed by atoms with E-state index < -0.39 is 39.8 Å². The highest BCUT2D eigenvalue weighted by molar-refractivity contribution is 5.96. The molecule has 0 bridgehead atoms. The van der Waals surface area contributed by atoms with E-state index in [-0.39, 0.29) is 65.2 Å². The van der Waals surface area contributed by atoms with E-state index in [2.05, 4.69) is 41.2 Å². The summed E-state index contributed by atoms with van der Waals surface area (Å²) in [5, 5.41) is 4.77. The van der Waals surface area contributed by atoms with Crippen molar-refractivity contribution in [3.8, 4) is 0 Å². The molecule has 0 N–H and O–H groups in total. The van der Waals surface area contributed by atoms with Crippen LogP contribution in [0.5, 0.6) is 0 Å². The van der Waals surface area contributed by atoms with Crippen molar-refractivity contribution in [2.75, 3.05) is 13.2 Å². The van der Waals surface area contributed by atoms with Crippen LogP contribution in [0.15, 0.2) is 91.0 Å². The Hall–Kier alpha value is -4.79. The van der Waals surface area contributed by atoms with Gasteiger partial charge in [-0.2, -0.15) is 5.10 Å². The van der Waals surface area contributed by atoms with Crippen LogP contribution < -0.4 is 0 Å². The maximum atomic E-state index is 15.4. The van der Waals surface area contributed by atoms with Crippen LogP contribution in [-0.2, 0) is 28.6 Å².